The first kappa shape index (κ1) is 36.1. The van der Waals surface area contributed by atoms with Gasteiger partial charge in [-0.05, 0) is 137 Å². The number of benzene rings is 11. The summed E-state index contributed by atoms with van der Waals surface area (Å²) in [7, 11) is 0. The molecule has 0 atom stereocenters. The Morgan fingerprint density at radius 3 is 1.07 bits per heavy atom. The predicted octanol–water partition coefficient (Wildman–Crippen LogP) is 17.0. The molecule has 0 aliphatic rings. The Hall–Kier alpha value is -8.00. The topological polar surface area (TPSA) is 3.24 Å². The van der Waals surface area contributed by atoms with Gasteiger partial charge in [-0.3, -0.25) is 0 Å². The molecule has 0 N–H and O–H groups in total. The lowest BCUT2D eigenvalue weighted by Crippen LogP contribution is -2.11. The predicted molar refractivity (Wildman–Crippen MR) is 261 cm³/mol. The largest absolute Gasteiger partial charge is 0.310 e. The highest BCUT2D eigenvalue weighted by Crippen LogP contribution is 2.45. The van der Waals surface area contributed by atoms with Crippen LogP contribution in [0, 0.1) is 0 Å². The molecule has 0 aliphatic heterocycles. The van der Waals surface area contributed by atoms with Crippen LogP contribution in [0.3, 0.4) is 0 Å². The zero-order valence-electron chi connectivity index (χ0n) is 33.6. The fourth-order valence-electron chi connectivity index (χ4n) is 8.78. The molecule has 0 bridgehead atoms. The zero-order valence-corrected chi connectivity index (χ0v) is 33.6. The maximum atomic E-state index is 2.43. The van der Waals surface area contributed by atoms with Gasteiger partial charge in [0.05, 0.1) is 5.69 Å². The SMILES string of the molecule is c1ccc(-c2cccc(-c3ccc(N(c4ccc(-c5ccc6ccccc6c5)cc4)c4cc(-c5ccc6ccccc6c5)ccc4-c4ccc5ccccc5c4)cc3)c2)cc1. The number of nitrogens with zero attached hydrogens (tertiary/aromatic N) is 1. The highest BCUT2D eigenvalue weighted by atomic mass is 15.1. The fraction of sp³-hybridized carbons (Fsp3) is 0. The standard InChI is InChI=1S/C60H41N/c1-2-11-42(12-3-1)51-19-10-20-52(37-51)46-27-32-57(33-28-46)61(58-34-29-47(30-35-58)53-24-21-43-13-4-7-16-48(43)38-53)60-41-55(54-25-22-44-14-5-8-17-49(44)39-54)31-36-59(60)56-26-23-45-15-6-9-18-50(45)40-56/h1-41H. The summed E-state index contributed by atoms with van der Waals surface area (Å²) in [6, 6.07) is 90.7. The van der Waals surface area contributed by atoms with Gasteiger partial charge in [0.1, 0.15) is 0 Å². The van der Waals surface area contributed by atoms with Crippen molar-refractivity contribution in [2.45, 2.75) is 0 Å². The third kappa shape index (κ3) is 7.13. The Morgan fingerprint density at radius 1 is 0.197 bits per heavy atom. The number of anilines is 3. The molecule has 1 nitrogen and oxygen atoms in total. The van der Waals surface area contributed by atoms with Crippen molar-refractivity contribution in [1.82, 2.24) is 0 Å². The molecule has 0 aromatic heterocycles. The maximum Gasteiger partial charge on any atom is 0.0546 e. The van der Waals surface area contributed by atoms with Crippen molar-refractivity contribution in [2.24, 2.45) is 0 Å². The average Bonchev–Trinajstić information content (AvgIpc) is 3.34. The van der Waals surface area contributed by atoms with Crippen LogP contribution in [-0.2, 0) is 0 Å². The van der Waals surface area contributed by atoms with Crippen LogP contribution >= 0.6 is 0 Å². The Bertz CT molecular complexity index is 3340. The van der Waals surface area contributed by atoms with E-state index in [-0.39, 0.29) is 0 Å². The maximum absolute atomic E-state index is 2.43. The van der Waals surface area contributed by atoms with Crippen LogP contribution in [-0.4, -0.2) is 0 Å². The summed E-state index contributed by atoms with van der Waals surface area (Å²) in [5.41, 5.74) is 15.1. The van der Waals surface area contributed by atoms with Crippen molar-refractivity contribution in [2.75, 3.05) is 4.90 Å². The summed E-state index contributed by atoms with van der Waals surface area (Å²) in [4.78, 5) is 2.43. The quantitative estimate of drug-likeness (QED) is 0.149. The number of hydrogen-bond donors (Lipinski definition) is 0. The Balaban J connectivity index is 1.08. The van der Waals surface area contributed by atoms with E-state index < -0.39 is 0 Å². The molecule has 0 aliphatic carbocycles. The first-order chi connectivity index (χ1) is 30.2. The molecule has 286 valence electrons. The summed E-state index contributed by atoms with van der Waals surface area (Å²) in [5.74, 6) is 0. The van der Waals surface area contributed by atoms with Crippen molar-refractivity contribution in [3.63, 3.8) is 0 Å². The molecule has 0 amide bonds. The van der Waals surface area contributed by atoms with E-state index in [2.05, 4.69) is 254 Å². The van der Waals surface area contributed by atoms with Crippen LogP contribution in [0.1, 0.15) is 0 Å². The third-order valence-electron chi connectivity index (χ3n) is 12.0. The minimum absolute atomic E-state index is 1.08. The second-order valence-corrected chi connectivity index (χ2v) is 15.8. The molecule has 0 saturated carbocycles. The Morgan fingerprint density at radius 2 is 0.541 bits per heavy atom. The van der Waals surface area contributed by atoms with Crippen LogP contribution in [0.2, 0.25) is 0 Å². The van der Waals surface area contributed by atoms with E-state index in [0.717, 1.165) is 28.2 Å². The van der Waals surface area contributed by atoms with Crippen molar-refractivity contribution in [3.05, 3.63) is 249 Å². The lowest BCUT2D eigenvalue weighted by Gasteiger charge is -2.29. The molecular formula is C60H41N. The second kappa shape index (κ2) is 15.6. The molecule has 11 rings (SSSR count). The van der Waals surface area contributed by atoms with Crippen LogP contribution in [0.4, 0.5) is 17.1 Å². The minimum atomic E-state index is 1.08. The van der Waals surface area contributed by atoms with E-state index in [0.29, 0.717) is 0 Å². The normalized spacial score (nSPS) is 11.3. The lowest BCUT2D eigenvalue weighted by atomic mass is 9.94. The zero-order chi connectivity index (χ0) is 40.5. The van der Waals surface area contributed by atoms with Crippen molar-refractivity contribution in [3.8, 4) is 55.6 Å². The average molecular weight is 776 g/mol. The van der Waals surface area contributed by atoms with Crippen LogP contribution in [0.5, 0.6) is 0 Å². The Labute approximate surface area is 357 Å². The third-order valence-corrected chi connectivity index (χ3v) is 12.0. The van der Waals surface area contributed by atoms with E-state index >= 15 is 0 Å². The van der Waals surface area contributed by atoms with E-state index in [4.69, 9.17) is 0 Å². The van der Waals surface area contributed by atoms with Gasteiger partial charge in [-0.1, -0.05) is 194 Å². The summed E-state index contributed by atoms with van der Waals surface area (Å²) < 4.78 is 0. The van der Waals surface area contributed by atoms with Gasteiger partial charge >= 0.3 is 0 Å². The first-order valence-corrected chi connectivity index (χ1v) is 21.0. The van der Waals surface area contributed by atoms with E-state index in [1.54, 1.807) is 0 Å². The second-order valence-electron chi connectivity index (χ2n) is 15.8. The summed E-state index contributed by atoms with van der Waals surface area (Å²) in [6.45, 7) is 0. The monoisotopic (exact) mass is 775 g/mol. The molecule has 61 heavy (non-hydrogen) atoms. The minimum Gasteiger partial charge on any atom is -0.310 e. The molecule has 0 heterocycles. The Kier molecular flexibility index (Phi) is 9.26. The van der Waals surface area contributed by atoms with Crippen molar-refractivity contribution >= 4 is 49.4 Å². The molecule has 0 radical (unpaired) electrons. The molecule has 1 heteroatoms. The highest BCUT2D eigenvalue weighted by molar-refractivity contribution is 5.96. The summed E-state index contributed by atoms with van der Waals surface area (Å²) >= 11 is 0. The molecular weight excluding hydrogens is 735 g/mol. The molecule has 11 aromatic carbocycles. The number of hydrogen-bond acceptors (Lipinski definition) is 1. The number of fused-ring (bicyclic) bond motifs is 3. The van der Waals surface area contributed by atoms with Gasteiger partial charge in [-0.2, -0.15) is 0 Å². The molecule has 11 aromatic rings. The summed E-state index contributed by atoms with van der Waals surface area (Å²) in [5, 5.41) is 7.41. The number of rotatable bonds is 8. The van der Waals surface area contributed by atoms with Crippen molar-refractivity contribution < 1.29 is 0 Å². The lowest BCUT2D eigenvalue weighted by molar-refractivity contribution is 1.28. The first-order valence-electron chi connectivity index (χ1n) is 21.0. The fourth-order valence-corrected chi connectivity index (χ4v) is 8.78. The van der Waals surface area contributed by atoms with Gasteiger partial charge in [0.15, 0.2) is 0 Å². The van der Waals surface area contributed by atoms with E-state index in [1.165, 1.54) is 76.8 Å². The van der Waals surface area contributed by atoms with Gasteiger partial charge in [0.25, 0.3) is 0 Å². The van der Waals surface area contributed by atoms with Crippen LogP contribution in [0.25, 0.3) is 88.0 Å². The van der Waals surface area contributed by atoms with Gasteiger partial charge < -0.3 is 4.90 Å². The molecule has 0 spiro atoms. The van der Waals surface area contributed by atoms with Gasteiger partial charge in [-0.15, -0.1) is 0 Å². The van der Waals surface area contributed by atoms with Crippen LogP contribution in [0.15, 0.2) is 249 Å². The highest BCUT2D eigenvalue weighted by Gasteiger charge is 2.20. The van der Waals surface area contributed by atoms with Gasteiger partial charge in [0.2, 0.25) is 0 Å². The van der Waals surface area contributed by atoms with Gasteiger partial charge in [0, 0.05) is 16.9 Å². The molecule has 0 unspecified atom stereocenters. The molecule has 0 fully saturated rings. The van der Waals surface area contributed by atoms with Gasteiger partial charge in [-0.25, -0.2) is 0 Å². The van der Waals surface area contributed by atoms with E-state index in [1.807, 2.05) is 0 Å². The van der Waals surface area contributed by atoms with Crippen LogP contribution < -0.4 is 4.90 Å². The summed E-state index contributed by atoms with van der Waals surface area (Å²) in [6.07, 6.45) is 0. The molecule has 0 saturated heterocycles. The van der Waals surface area contributed by atoms with E-state index in [9.17, 15) is 0 Å². The van der Waals surface area contributed by atoms with Crippen molar-refractivity contribution in [1.29, 1.82) is 0 Å². The smallest absolute Gasteiger partial charge is 0.0546 e.